The zero-order valence-electron chi connectivity index (χ0n) is 13.1. The predicted octanol–water partition coefficient (Wildman–Crippen LogP) is 3.43. The first-order chi connectivity index (χ1) is 10.5. The van der Waals surface area contributed by atoms with Crippen molar-refractivity contribution in [2.24, 2.45) is 23.2 Å². The second kappa shape index (κ2) is 5.94. The predicted molar refractivity (Wildman–Crippen MR) is 78.8 cm³/mol. The molecule has 0 unspecified atom stereocenters. The van der Waals surface area contributed by atoms with E-state index in [0.29, 0.717) is 6.61 Å². The number of hydrogen-bond donors (Lipinski definition) is 0. The summed E-state index contributed by atoms with van der Waals surface area (Å²) in [6, 6.07) is 0. The summed E-state index contributed by atoms with van der Waals surface area (Å²) in [6.45, 7) is 4.99. The first-order valence-corrected chi connectivity index (χ1v) is 8.08. The van der Waals surface area contributed by atoms with E-state index in [2.05, 4.69) is 6.58 Å². The summed E-state index contributed by atoms with van der Waals surface area (Å²) in [7, 11) is 0. The van der Waals surface area contributed by atoms with E-state index in [9.17, 15) is 9.59 Å². The maximum atomic E-state index is 11.6. The van der Waals surface area contributed by atoms with Crippen molar-refractivity contribution >= 4 is 12.1 Å². The van der Waals surface area contributed by atoms with Gasteiger partial charge in [-0.1, -0.05) is 6.58 Å². The highest BCUT2D eigenvalue weighted by Crippen LogP contribution is 2.60. The largest absolute Gasteiger partial charge is 0.511 e. The molecule has 0 atom stereocenters. The summed E-state index contributed by atoms with van der Waals surface area (Å²) in [6.07, 6.45) is 6.86. The molecular formula is C17H24O5. The van der Waals surface area contributed by atoms with Crippen LogP contribution in [0.15, 0.2) is 12.2 Å². The molecule has 22 heavy (non-hydrogen) atoms. The molecule has 4 fully saturated rings. The van der Waals surface area contributed by atoms with Gasteiger partial charge in [-0.3, -0.25) is 0 Å². The van der Waals surface area contributed by atoms with E-state index in [1.165, 1.54) is 45.4 Å². The fourth-order valence-electron chi connectivity index (χ4n) is 4.97. The van der Waals surface area contributed by atoms with Crippen molar-refractivity contribution in [1.29, 1.82) is 0 Å². The first kappa shape index (κ1) is 15.4. The van der Waals surface area contributed by atoms with Crippen LogP contribution in [-0.4, -0.2) is 25.5 Å². The Labute approximate surface area is 131 Å². The van der Waals surface area contributed by atoms with Gasteiger partial charge in [-0.05, 0) is 63.2 Å². The fourth-order valence-corrected chi connectivity index (χ4v) is 4.97. The van der Waals surface area contributed by atoms with Crippen LogP contribution in [0.3, 0.4) is 0 Å². The summed E-state index contributed by atoms with van der Waals surface area (Å²) in [5, 5.41) is 0. The zero-order chi connectivity index (χ0) is 15.7. The molecule has 0 radical (unpaired) electrons. The summed E-state index contributed by atoms with van der Waals surface area (Å²) >= 11 is 0. The number of rotatable bonds is 5. The lowest BCUT2D eigenvalue weighted by Crippen LogP contribution is -2.48. The molecule has 0 heterocycles. The molecule has 4 aliphatic rings. The third kappa shape index (κ3) is 3.28. The fraction of sp³-hybridized carbons (Fsp3) is 0.765. The summed E-state index contributed by atoms with van der Waals surface area (Å²) in [5.74, 6) is 1.89. The van der Waals surface area contributed by atoms with E-state index in [4.69, 9.17) is 14.2 Å². The van der Waals surface area contributed by atoms with E-state index in [-0.39, 0.29) is 11.0 Å². The van der Waals surface area contributed by atoms with Gasteiger partial charge in [-0.2, -0.15) is 0 Å². The van der Waals surface area contributed by atoms with E-state index >= 15 is 0 Å². The van der Waals surface area contributed by atoms with Crippen molar-refractivity contribution < 1.29 is 23.8 Å². The van der Waals surface area contributed by atoms with Gasteiger partial charge in [0.1, 0.15) is 6.61 Å². The zero-order valence-corrected chi connectivity index (χ0v) is 13.1. The number of ether oxygens (including phenoxy) is 3. The van der Waals surface area contributed by atoms with Gasteiger partial charge in [0, 0.05) is 11.0 Å². The normalized spacial score (nSPS) is 35.0. The average Bonchev–Trinajstić information content (AvgIpc) is 2.43. The van der Waals surface area contributed by atoms with Crippen LogP contribution in [0.4, 0.5) is 4.79 Å². The van der Waals surface area contributed by atoms with E-state index < -0.39 is 18.9 Å². The molecule has 4 rings (SSSR count). The Balaban J connectivity index is 1.42. The smallest absolute Gasteiger partial charge is 0.434 e. The molecule has 0 aromatic carbocycles. The Bertz CT molecular complexity index is 446. The lowest BCUT2D eigenvalue weighted by molar-refractivity contribution is -0.149. The average molecular weight is 308 g/mol. The number of carbonyl (C=O) groups excluding carboxylic acids is 2. The third-order valence-corrected chi connectivity index (χ3v) is 5.38. The highest BCUT2D eigenvalue weighted by Gasteiger charge is 2.51. The van der Waals surface area contributed by atoms with Crippen LogP contribution in [0.2, 0.25) is 0 Å². The van der Waals surface area contributed by atoms with Gasteiger partial charge in [0.2, 0.25) is 6.79 Å². The van der Waals surface area contributed by atoms with Gasteiger partial charge in [-0.25, -0.2) is 9.59 Å². The maximum absolute atomic E-state index is 11.6. The topological polar surface area (TPSA) is 61.8 Å². The molecule has 0 saturated heterocycles. The minimum absolute atomic E-state index is 0.169. The summed E-state index contributed by atoms with van der Waals surface area (Å²) in [4.78, 5) is 22.8. The van der Waals surface area contributed by atoms with Gasteiger partial charge in [0.05, 0.1) is 0 Å². The molecule has 4 saturated carbocycles. The molecule has 0 aliphatic heterocycles. The number of carbonyl (C=O) groups is 2. The molecule has 0 aromatic heterocycles. The molecule has 0 aromatic rings. The molecule has 5 nitrogen and oxygen atoms in total. The molecule has 0 N–H and O–H groups in total. The standard InChI is InChI=1S/C17H24O5/c1-11(2)15(18)21-10-22-16(19)20-9-17-6-12-3-13(7-17)5-14(4-12)8-17/h12-14H,1,3-10H2,2H3. The van der Waals surface area contributed by atoms with Crippen molar-refractivity contribution in [1.82, 2.24) is 0 Å². The van der Waals surface area contributed by atoms with Crippen LogP contribution in [0, 0.1) is 23.2 Å². The van der Waals surface area contributed by atoms with E-state index in [1.807, 2.05) is 0 Å². The monoisotopic (exact) mass is 308 g/mol. The van der Waals surface area contributed by atoms with Crippen molar-refractivity contribution in [3.8, 4) is 0 Å². The molecule has 4 aliphatic carbocycles. The Morgan fingerprint density at radius 1 is 1.00 bits per heavy atom. The van der Waals surface area contributed by atoms with Crippen LogP contribution < -0.4 is 0 Å². The summed E-state index contributed by atoms with van der Waals surface area (Å²) in [5.41, 5.74) is 0.438. The first-order valence-electron chi connectivity index (χ1n) is 8.08. The van der Waals surface area contributed by atoms with Gasteiger partial charge in [0.25, 0.3) is 0 Å². The third-order valence-electron chi connectivity index (χ3n) is 5.38. The molecular weight excluding hydrogens is 284 g/mol. The van der Waals surface area contributed by atoms with Gasteiger partial charge in [0.15, 0.2) is 0 Å². The van der Waals surface area contributed by atoms with Gasteiger partial charge in [-0.15, -0.1) is 0 Å². The van der Waals surface area contributed by atoms with Crippen LogP contribution in [0.5, 0.6) is 0 Å². The highest BCUT2D eigenvalue weighted by atomic mass is 16.8. The van der Waals surface area contributed by atoms with Crippen LogP contribution in [0.25, 0.3) is 0 Å². The minimum Gasteiger partial charge on any atom is -0.434 e. The van der Waals surface area contributed by atoms with E-state index in [0.717, 1.165) is 17.8 Å². The Morgan fingerprint density at radius 2 is 1.55 bits per heavy atom. The Kier molecular flexibility index (Phi) is 4.15. The quantitative estimate of drug-likeness (QED) is 0.442. The van der Waals surface area contributed by atoms with Crippen LogP contribution in [0.1, 0.15) is 45.4 Å². The molecule has 122 valence electrons. The van der Waals surface area contributed by atoms with Crippen LogP contribution >= 0.6 is 0 Å². The maximum Gasteiger partial charge on any atom is 0.511 e. The van der Waals surface area contributed by atoms with Gasteiger partial charge < -0.3 is 14.2 Å². The number of esters is 1. The summed E-state index contributed by atoms with van der Waals surface area (Å²) < 4.78 is 14.8. The minimum atomic E-state index is -0.759. The molecule has 5 heteroatoms. The SMILES string of the molecule is C=C(C)C(=O)OCOC(=O)OCC12CC3CC(CC(C3)C1)C2. The molecule has 0 amide bonds. The Hall–Kier alpha value is -1.52. The Morgan fingerprint density at radius 3 is 2.05 bits per heavy atom. The lowest BCUT2D eigenvalue weighted by atomic mass is 9.50. The van der Waals surface area contributed by atoms with Crippen LogP contribution in [-0.2, 0) is 19.0 Å². The molecule has 4 bridgehead atoms. The second-order valence-corrected chi connectivity index (χ2v) is 7.43. The second-order valence-electron chi connectivity index (χ2n) is 7.43. The van der Waals surface area contributed by atoms with Crippen molar-refractivity contribution in [3.05, 3.63) is 12.2 Å². The van der Waals surface area contributed by atoms with Gasteiger partial charge >= 0.3 is 12.1 Å². The van der Waals surface area contributed by atoms with Crippen molar-refractivity contribution in [2.75, 3.05) is 13.4 Å². The lowest BCUT2D eigenvalue weighted by Gasteiger charge is -2.56. The van der Waals surface area contributed by atoms with Crippen molar-refractivity contribution in [3.63, 3.8) is 0 Å². The number of hydrogen-bond acceptors (Lipinski definition) is 5. The molecule has 0 spiro atoms. The van der Waals surface area contributed by atoms with Crippen molar-refractivity contribution in [2.45, 2.75) is 45.4 Å². The van der Waals surface area contributed by atoms with E-state index in [1.54, 1.807) is 0 Å². The highest BCUT2D eigenvalue weighted by molar-refractivity contribution is 5.86.